The lowest BCUT2D eigenvalue weighted by atomic mass is 9.63. The third-order valence-electron chi connectivity index (χ3n) is 5.21. The van der Waals surface area contributed by atoms with Crippen LogP contribution in [0, 0.1) is 0 Å². The molecule has 26 heavy (non-hydrogen) atoms. The Morgan fingerprint density at radius 1 is 1.27 bits per heavy atom. The summed E-state index contributed by atoms with van der Waals surface area (Å²) in [6.07, 6.45) is 5.38. The van der Waals surface area contributed by atoms with E-state index in [0.29, 0.717) is 6.54 Å². The molecule has 2 aromatic rings. The van der Waals surface area contributed by atoms with Crippen molar-refractivity contribution in [2.24, 2.45) is 0 Å². The highest BCUT2D eigenvalue weighted by Crippen LogP contribution is 2.45. The molecule has 1 aliphatic carbocycles. The van der Waals surface area contributed by atoms with Crippen molar-refractivity contribution in [3.8, 4) is 0 Å². The molecule has 1 heterocycles. The summed E-state index contributed by atoms with van der Waals surface area (Å²) in [6.45, 7) is 3.16. The Kier molecular flexibility index (Phi) is 4.88. The van der Waals surface area contributed by atoms with Crippen molar-refractivity contribution in [2.75, 3.05) is 13.3 Å². The Balaban J connectivity index is 1.83. The molecule has 0 spiro atoms. The normalized spacial score (nSPS) is 16.1. The van der Waals surface area contributed by atoms with E-state index in [1.165, 1.54) is 6.26 Å². The number of hydrogen-bond donors (Lipinski definition) is 0. The van der Waals surface area contributed by atoms with Crippen molar-refractivity contribution in [3.05, 3.63) is 42.0 Å². The number of likely N-dealkylation sites (N-methyl/N-ethyl adjacent to an activating group) is 1. The van der Waals surface area contributed by atoms with E-state index >= 15 is 0 Å². The lowest BCUT2D eigenvalue weighted by molar-refractivity contribution is -0.140. The van der Waals surface area contributed by atoms with Crippen LogP contribution in [-0.2, 0) is 33.1 Å². The largest absolute Gasteiger partial charge is 0.337 e. The first kappa shape index (κ1) is 18.6. The first-order valence-electron chi connectivity index (χ1n) is 8.71. The molecule has 0 bridgehead atoms. The van der Waals surface area contributed by atoms with Crippen molar-refractivity contribution >= 4 is 15.7 Å². The summed E-state index contributed by atoms with van der Waals surface area (Å²) in [7, 11) is -1.47. The number of rotatable bonds is 6. The van der Waals surface area contributed by atoms with Crippen LogP contribution in [0.15, 0.2) is 35.5 Å². The summed E-state index contributed by atoms with van der Waals surface area (Å²) < 4.78 is 25.2. The summed E-state index contributed by atoms with van der Waals surface area (Å²) in [4.78, 5) is 15.2. The molecule has 8 heteroatoms. The molecular weight excluding hydrogens is 352 g/mol. The summed E-state index contributed by atoms with van der Waals surface area (Å²) in [5, 5.41) is 8.01. The molecule has 0 radical (unpaired) electrons. The molecule has 7 nitrogen and oxygen atoms in total. The topological polar surface area (TPSA) is 85.2 Å². The fourth-order valence-corrected chi connectivity index (χ4v) is 4.12. The highest BCUT2D eigenvalue weighted by Gasteiger charge is 2.47. The highest BCUT2D eigenvalue weighted by atomic mass is 32.2. The number of sulfone groups is 1. The zero-order chi connectivity index (χ0) is 18.9. The van der Waals surface area contributed by atoms with Crippen LogP contribution >= 0.6 is 0 Å². The van der Waals surface area contributed by atoms with Crippen molar-refractivity contribution in [2.45, 2.75) is 49.6 Å². The Bertz CT molecular complexity index is 899. The Labute approximate surface area is 154 Å². The van der Waals surface area contributed by atoms with Gasteiger partial charge in [-0.2, -0.15) is 0 Å². The zero-order valence-corrected chi connectivity index (χ0v) is 16.2. The molecule has 1 aromatic heterocycles. The van der Waals surface area contributed by atoms with Crippen molar-refractivity contribution < 1.29 is 13.2 Å². The van der Waals surface area contributed by atoms with Gasteiger partial charge in [0, 0.05) is 19.8 Å². The van der Waals surface area contributed by atoms with Crippen LogP contribution < -0.4 is 0 Å². The zero-order valence-electron chi connectivity index (χ0n) is 15.3. The fourth-order valence-electron chi connectivity index (χ4n) is 3.49. The SMILES string of the molecule is CCn1cnnc1CN(C)C(=O)C1(c2ccc(S(C)(=O)=O)cc2)CCC1. The van der Waals surface area contributed by atoms with E-state index in [0.717, 1.165) is 37.2 Å². The Hall–Kier alpha value is -2.22. The van der Waals surface area contributed by atoms with Crippen LogP contribution in [0.25, 0.3) is 0 Å². The van der Waals surface area contributed by atoms with Crippen LogP contribution in [0.2, 0.25) is 0 Å². The molecule has 1 saturated carbocycles. The van der Waals surface area contributed by atoms with E-state index in [1.807, 2.05) is 11.5 Å². The van der Waals surface area contributed by atoms with Gasteiger partial charge >= 0.3 is 0 Å². The van der Waals surface area contributed by atoms with E-state index in [2.05, 4.69) is 10.2 Å². The first-order valence-corrected chi connectivity index (χ1v) is 10.6. The minimum Gasteiger partial charge on any atom is -0.337 e. The lowest BCUT2D eigenvalue weighted by Gasteiger charge is -2.43. The molecule has 3 rings (SSSR count). The van der Waals surface area contributed by atoms with Crippen molar-refractivity contribution in [3.63, 3.8) is 0 Å². The number of carbonyl (C=O) groups is 1. The van der Waals surface area contributed by atoms with E-state index in [4.69, 9.17) is 0 Å². The quantitative estimate of drug-likeness (QED) is 0.767. The number of carbonyl (C=O) groups excluding carboxylic acids is 1. The van der Waals surface area contributed by atoms with Gasteiger partial charge in [-0.25, -0.2) is 8.42 Å². The number of nitrogens with zero attached hydrogens (tertiary/aromatic N) is 4. The van der Waals surface area contributed by atoms with Gasteiger partial charge in [-0.3, -0.25) is 4.79 Å². The highest BCUT2D eigenvalue weighted by molar-refractivity contribution is 7.90. The molecule has 0 unspecified atom stereocenters. The molecule has 1 aromatic carbocycles. The predicted molar refractivity (Wildman–Crippen MR) is 97.3 cm³/mol. The van der Waals surface area contributed by atoms with Gasteiger partial charge in [-0.05, 0) is 37.5 Å². The van der Waals surface area contributed by atoms with Gasteiger partial charge in [0.2, 0.25) is 5.91 Å². The van der Waals surface area contributed by atoms with Gasteiger partial charge in [0.15, 0.2) is 15.7 Å². The number of benzene rings is 1. The molecular formula is C18H24N4O3S. The predicted octanol–water partition coefficient (Wildman–Crippen LogP) is 1.78. The van der Waals surface area contributed by atoms with Crippen LogP contribution in [0.1, 0.15) is 37.6 Å². The van der Waals surface area contributed by atoms with Gasteiger partial charge in [0.05, 0.1) is 16.9 Å². The second-order valence-corrected chi connectivity index (χ2v) is 8.94. The smallest absolute Gasteiger partial charge is 0.233 e. The van der Waals surface area contributed by atoms with Gasteiger partial charge in [-0.1, -0.05) is 18.6 Å². The van der Waals surface area contributed by atoms with Crippen LogP contribution in [0.3, 0.4) is 0 Å². The van der Waals surface area contributed by atoms with E-state index in [9.17, 15) is 13.2 Å². The van der Waals surface area contributed by atoms with E-state index < -0.39 is 15.3 Å². The molecule has 1 amide bonds. The number of amides is 1. The second-order valence-electron chi connectivity index (χ2n) is 6.93. The van der Waals surface area contributed by atoms with Crippen LogP contribution in [-0.4, -0.2) is 47.3 Å². The van der Waals surface area contributed by atoms with E-state index in [1.54, 1.807) is 42.5 Å². The maximum atomic E-state index is 13.2. The van der Waals surface area contributed by atoms with Gasteiger partial charge in [0.1, 0.15) is 6.33 Å². The maximum Gasteiger partial charge on any atom is 0.233 e. The first-order chi connectivity index (χ1) is 12.3. The van der Waals surface area contributed by atoms with Crippen molar-refractivity contribution in [1.29, 1.82) is 0 Å². The molecule has 1 aliphatic rings. The Morgan fingerprint density at radius 2 is 1.92 bits per heavy atom. The molecule has 140 valence electrons. The molecule has 0 atom stereocenters. The lowest BCUT2D eigenvalue weighted by Crippen LogP contribution is -2.49. The standard InChI is InChI=1S/C18H24N4O3S/c1-4-22-13-19-20-16(22)12-21(2)17(23)18(10-5-11-18)14-6-8-15(9-7-14)26(3,24)25/h6-9,13H,4-5,10-12H2,1-3H3. The maximum absolute atomic E-state index is 13.2. The average Bonchev–Trinajstić information content (AvgIpc) is 3.00. The molecule has 1 fully saturated rings. The van der Waals surface area contributed by atoms with Gasteiger partial charge < -0.3 is 9.47 Å². The minimum absolute atomic E-state index is 0.0431. The summed E-state index contributed by atoms with van der Waals surface area (Å²) in [6, 6.07) is 6.73. The molecule has 0 saturated heterocycles. The summed E-state index contributed by atoms with van der Waals surface area (Å²) in [5.74, 6) is 0.798. The average molecular weight is 376 g/mol. The summed E-state index contributed by atoms with van der Waals surface area (Å²) >= 11 is 0. The number of aromatic nitrogens is 3. The summed E-state index contributed by atoms with van der Waals surface area (Å²) in [5.41, 5.74) is 0.312. The third-order valence-corrected chi connectivity index (χ3v) is 6.34. The monoisotopic (exact) mass is 376 g/mol. The van der Waals surface area contributed by atoms with Crippen molar-refractivity contribution in [1.82, 2.24) is 19.7 Å². The molecule has 0 N–H and O–H groups in total. The third kappa shape index (κ3) is 3.25. The molecule has 0 aliphatic heterocycles. The number of hydrogen-bond acceptors (Lipinski definition) is 5. The fraction of sp³-hybridized carbons (Fsp3) is 0.500. The van der Waals surface area contributed by atoms with Crippen LogP contribution in [0.4, 0.5) is 0 Å². The van der Waals surface area contributed by atoms with E-state index in [-0.39, 0.29) is 10.8 Å². The second kappa shape index (κ2) is 6.83. The minimum atomic E-state index is -3.25. The Morgan fingerprint density at radius 3 is 2.42 bits per heavy atom. The van der Waals surface area contributed by atoms with Gasteiger partial charge in [0.25, 0.3) is 0 Å². The van der Waals surface area contributed by atoms with Gasteiger partial charge in [-0.15, -0.1) is 10.2 Å². The van der Waals surface area contributed by atoms with Crippen LogP contribution in [0.5, 0.6) is 0 Å². The number of aryl methyl sites for hydroxylation is 1.